The highest BCUT2D eigenvalue weighted by Gasteiger charge is 2.04. The predicted octanol–water partition coefficient (Wildman–Crippen LogP) is 2.03. The van der Waals surface area contributed by atoms with Crippen LogP contribution < -0.4 is 11.1 Å². The van der Waals surface area contributed by atoms with E-state index in [0.29, 0.717) is 18.7 Å². The first kappa shape index (κ1) is 12.2. The number of anilines is 1. The second kappa shape index (κ2) is 5.40. The zero-order valence-corrected chi connectivity index (χ0v) is 10.3. The van der Waals surface area contributed by atoms with Gasteiger partial charge in [0.1, 0.15) is 11.5 Å². The lowest BCUT2D eigenvalue weighted by atomic mass is 10.1. The van der Waals surface area contributed by atoms with E-state index in [2.05, 4.69) is 5.32 Å². The quantitative estimate of drug-likeness (QED) is 0.808. The second-order valence-electron chi connectivity index (χ2n) is 4.21. The van der Waals surface area contributed by atoms with Crippen LogP contribution in [0, 0.1) is 6.92 Å². The van der Waals surface area contributed by atoms with E-state index in [4.69, 9.17) is 10.2 Å². The molecule has 4 nitrogen and oxygen atoms in total. The Morgan fingerprint density at radius 2 is 1.94 bits per heavy atom. The summed E-state index contributed by atoms with van der Waals surface area (Å²) in [6.45, 7) is 2.29. The van der Waals surface area contributed by atoms with Crippen LogP contribution in [0.2, 0.25) is 0 Å². The predicted molar refractivity (Wildman–Crippen MR) is 69.9 cm³/mol. The molecule has 0 unspecified atom stereocenters. The Morgan fingerprint density at radius 3 is 2.56 bits per heavy atom. The fourth-order valence-corrected chi connectivity index (χ4v) is 1.65. The molecule has 0 radical (unpaired) electrons. The SMILES string of the molecule is Cc1ccc(CNC(=O)Cc2ccc(N)cc2)o1. The van der Waals surface area contributed by atoms with E-state index < -0.39 is 0 Å². The van der Waals surface area contributed by atoms with Gasteiger partial charge in [-0.15, -0.1) is 0 Å². The minimum atomic E-state index is -0.0335. The molecule has 18 heavy (non-hydrogen) atoms. The van der Waals surface area contributed by atoms with Crippen LogP contribution in [-0.2, 0) is 17.8 Å². The van der Waals surface area contributed by atoms with Crippen molar-refractivity contribution in [2.75, 3.05) is 5.73 Å². The van der Waals surface area contributed by atoms with Gasteiger partial charge in [0, 0.05) is 5.69 Å². The van der Waals surface area contributed by atoms with Crippen LogP contribution in [0.15, 0.2) is 40.8 Å². The number of nitrogens with one attached hydrogen (secondary N) is 1. The van der Waals surface area contributed by atoms with Crippen LogP contribution in [0.1, 0.15) is 17.1 Å². The van der Waals surface area contributed by atoms with Crippen molar-refractivity contribution in [3.8, 4) is 0 Å². The maximum Gasteiger partial charge on any atom is 0.224 e. The molecule has 0 bridgehead atoms. The Balaban J connectivity index is 1.83. The summed E-state index contributed by atoms with van der Waals surface area (Å²) in [5.74, 6) is 1.57. The number of furan rings is 1. The molecule has 4 heteroatoms. The molecule has 0 atom stereocenters. The number of rotatable bonds is 4. The Morgan fingerprint density at radius 1 is 1.22 bits per heavy atom. The summed E-state index contributed by atoms with van der Waals surface area (Å²) in [6.07, 6.45) is 0.347. The van der Waals surface area contributed by atoms with Crippen LogP contribution in [0.3, 0.4) is 0 Å². The lowest BCUT2D eigenvalue weighted by Crippen LogP contribution is -2.24. The average molecular weight is 244 g/mol. The van der Waals surface area contributed by atoms with Gasteiger partial charge in [-0.1, -0.05) is 12.1 Å². The Hall–Kier alpha value is -2.23. The minimum Gasteiger partial charge on any atom is -0.465 e. The van der Waals surface area contributed by atoms with Gasteiger partial charge in [0.25, 0.3) is 0 Å². The summed E-state index contributed by atoms with van der Waals surface area (Å²) in [5, 5.41) is 2.81. The Kier molecular flexibility index (Phi) is 3.67. The van der Waals surface area contributed by atoms with Crippen molar-refractivity contribution in [2.24, 2.45) is 0 Å². The molecule has 0 saturated heterocycles. The van der Waals surface area contributed by atoms with Gasteiger partial charge in [0.15, 0.2) is 0 Å². The van der Waals surface area contributed by atoms with E-state index in [0.717, 1.165) is 17.1 Å². The summed E-state index contributed by atoms with van der Waals surface area (Å²) >= 11 is 0. The van der Waals surface area contributed by atoms with Crippen molar-refractivity contribution in [1.29, 1.82) is 0 Å². The molecule has 2 aromatic rings. The van der Waals surface area contributed by atoms with Crippen LogP contribution in [0.4, 0.5) is 5.69 Å². The van der Waals surface area contributed by atoms with Gasteiger partial charge in [-0.25, -0.2) is 0 Å². The zero-order chi connectivity index (χ0) is 13.0. The summed E-state index contributed by atoms with van der Waals surface area (Å²) in [5.41, 5.74) is 7.22. The fourth-order valence-electron chi connectivity index (χ4n) is 1.65. The molecule has 1 heterocycles. The molecule has 0 saturated carbocycles. The number of nitrogens with two attached hydrogens (primary N) is 1. The molecule has 0 aliphatic heterocycles. The largest absolute Gasteiger partial charge is 0.465 e. The summed E-state index contributed by atoms with van der Waals surface area (Å²) in [7, 11) is 0. The van der Waals surface area contributed by atoms with Gasteiger partial charge in [0.05, 0.1) is 13.0 Å². The van der Waals surface area contributed by atoms with Crippen molar-refractivity contribution in [3.63, 3.8) is 0 Å². The van der Waals surface area contributed by atoms with Crippen molar-refractivity contribution >= 4 is 11.6 Å². The molecule has 3 N–H and O–H groups in total. The number of carbonyl (C=O) groups excluding carboxylic acids is 1. The van der Waals surface area contributed by atoms with Crippen LogP contribution in [0.25, 0.3) is 0 Å². The number of benzene rings is 1. The topological polar surface area (TPSA) is 68.3 Å². The van der Waals surface area contributed by atoms with Crippen LogP contribution in [0.5, 0.6) is 0 Å². The lowest BCUT2D eigenvalue weighted by molar-refractivity contribution is -0.120. The third-order valence-electron chi connectivity index (χ3n) is 2.60. The third-order valence-corrected chi connectivity index (χ3v) is 2.60. The number of carbonyl (C=O) groups is 1. The van der Waals surface area contributed by atoms with Gasteiger partial charge in [-0.2, -0.15) is 0 Å². The fraction of sp³-hybridized carbons (Fsp3) is 0.214. The van der Waals surface area contributed by atoms with Gasteiger partial charge in [0.2, 0.25) is 5.91 Å². The second-order valence-corrected chi connectivity index (χ2v) is 4.21. The van der Waals surface area contributed by atoms with Crippen molar-refractivity contribution in [3.05, 3.63) is 53.5 Å². The first-order valence-corrected chi connectivity index (χ1v) is 5.80. The summed E-state index contributed by atoms with van der Waals surface area (Å²) in [4.78, 5) is 11.7. The van der Waals surface area contributed by atoms with E-state index in [1.807, 2.05) is 31.2 Å². The molecule has 0 spiro atoms. The highest BCUT2D eigenvalue weighted by Crippen LogP contribution is 2.07. The molecule has 94 valence electrons. The first-order chi connectivity index (χ1) is 8.63. The molecule has 1 amide bonds. The standard InChI is InChI=1S/C14H16N2O2/c1-10-2-7-13(18-10)9-16-14(17)8-11-3-5-12(15)6-4-11/h2-7H,8-9,15H2,1H3,(H,16,17). The van der Waals surface area contributed by atoms with E-state index in [9.17, 15) is 4.79 Å². The van der Waals surface area contributed by atoms with E-state index >= 15 is 0 Å². The highest BCUT2D eigenvalue weighted by molar-refractivity contribution is 5.78. The number of hydrogen-bond donors (Lipinski definition) is 2. The molecular formula is C14H16N2O2. The number of aryl methyl sites for hydroxylation is 1. The molecular weight excluding hydrogens is 228 g/mol. The van der Waals surface area contributed by atoms with Crippen molar-refractivity contribution in [2.45, 2.75) is 19.9 Å². The van der Waals surface area contributed by atoms with Crippen molar-refractivity contribution in [1.82, 2.24) is 5.32 Å². The lowest BCUT2D eigenvalue weighted by Gasteiger charge is -2.04. The van der Waals surface area contributed by atoms with Crippen LogP contribution >= 0.6 is 0 Å². The Bertz CT molecular complexity index is 529. The minimum absolute atomic E-state index is 0.0335. The van der Waals surface area contributed by atoms with E-state index in [1.54, 1.807) is 12.1 Å². The maximum absolute atomic E-state index is 11.7. The number of amides is 1. The molecule has 2 rings (SSSR count). The monoisotopic (exact) mass is 244 g/mol. The molecule has 1 aromatic carbocycles. The molecule has 0 aliphatic carbocycles. The van der Waals surface area contributed by atoms with Gasteiger partial charge in [-0.3, -0.25) is 4.79 Å². The van der Waals surface area contributed by atoms with Gasteiger partial charge >= 0.3 is 0 Å². The highest BCUT2D eigenvalue weighted by atomic mass is 16.3. The van der Waals surface area contributed by atoms with E-state index in [1.165, 1.54) is 0 Å². The van der Waals surface area contributed by atoms with Crippen molar-refractivity contribution < 1.29 is 9.21 Å². The molecule has 1 aromatic heterocycles. The van der Waals surface area contributed by atoms with E-state index in [-0.39, 0.29) is 5.91 Å². The van der Waals surface area contributed by atoms with Gasteiger partial charge in [-0.05, 0) is 36.8 Å². The first-order valence-electron chi connectivity index (χ1n) is 5.80. The summed E-state index contributed by atoms with van der Waals surface area (Å²) < 4.78 is 5.37. The van der Waals surface area contributed by atoms with Crippen LogP contribution in [-0.4, -0.2) is 5.91 Å². The number of nitrogen functional groups attached to an aromatic ring is 1. The smallest absolute Gasteiger partial charge is 0.224 e. The molecule has 0 fully saturated rings. The molecule has 0 aliphatic rings. The zero-order valence-electron chi connectivity index (χ0n) is 10.3. The Labute approximate surface area is 106 Å². The normalized spacial score (nSPS) is 10.3. The summed E-state index contributed by atoms with van der Waals surface area (Å²) in [6, 6.07) is 11.0. The third kappa shape index (κ3) is 3.38. The number of hydrogen-bond acceptors (Lipinski definition) is 3. The maximum atomic E-state index is 11.7. The average Bonchev–Trinajstić information content (AvgIpc) is 2.76. The van der Waals surface area contributed by atoms with Gasteiger partial charge < -0.3 is 15.5 Å².